The van der Waals surface area contributed by atoms with Gasteiger partial charge in [0.25, 0.3) is 0 Å². The summed E-state index contributed by atoms with van der Waals surface area (Å²) in [4.78, 5) is 6.09. The monoisotopic (exact) mass is 410 g/mol. The number of benzene rings is 2. The van der Waals surface area contributed by atoms with E-state index in [0.29, 0.717) is 29.7 Å². The molecule has 1 N–H and O–H groups in total. The molecule has 3 rings (SSSR count). The number of hydrogen-bond acceptors (Lipinski definition) is 2. The highest BCUT2D eigenvalue weighted by molar-refractivity contribution is 7.80. The van der Waals surface area contributed by atoms with Crippen LogP contribution in [0.15, 0.2) is 67.3 Å². The van der Waals surface area contributed by atoms with Gasteiger partial charge in [0, 0.05) is 43.3 Å². The Morgan fingerprint density at radius 1 is 1.17 bits per heavy atom. The summed E-state index contributed by atoms with van der Waals surface area (Å²) < 4.78 is 16.2. The predicted octanol–water partition coefficient (Wildman–Crippen LogP) is 5.43. The zero-order valence-corrected chi connectivity index (χ0v) is 17.7. The Balaban J connectivity index is 1.68. The molecule has 0 atom stereocenters. The Labute approximate surface area is 177 Å². The van der Waals surface area contributed by atoms with E-state index in [-0.39, 0.29) is 5.82 Å². The van der Waals surface area contributed by atoms with Crippen molar-refractivity contribution in [1.82, 2.24) is 14.5 Å². The van der Waals surface area contributed by atoms with Crippen molar-refractivity contribution in [3.05, 3.63) is 84.2 Å². The SMILES string of the molecule is CC(C)c1ccc(NC(=S)N(CCCn2ccnc2)Cc2ccccc2F)cc1. The Kier molecular flexibility index (Phi) is 7.36. The molecular formula is C23H27FN4S. The molecule has 1 aromatic heterocycles. The first kappa shape index (κ1) is 21.0. The third-order valence-electron chi connectivity index (χ3n) is 4.84. The van der Waals surface area contributed by atoms with Gasteiger partial charge in [-0.1, -0.05) is 44.2 Å². The molecule has 29 heavy (non-hydrogen) atoms. The van der Waals surface area contributed by atoms with Crippen LogP contribution in [0.25, 0.3) is 0 Å². The fourth-order valence-corrected chi connectivity index (χ4v) is 3.38. The molecule has 0 saturated heterocycles. The predicted molar refractivity (Wildman–Crippen MR) is 120 cm³/mol. The molecule has 0 radical (unpaired) electrons. The highest BCUT2D eigenvalue weighted by Crippen LogP contribution is 2.18. The fourth-order valence-electron chi connectivity index (χ4n) is 3.10. The molecule has 0 saturated carbocycles. The maximum Gasteiger partial charge on any atom is 0.173 e. The van der Waals surface area contributed by atoms with Crippen LogP contribution in [0.4, 0.5) is 10.1 Å². The maximum atomic E-state index is 14.2. The summed E-state index contributed by atoms with van der Waals surface area (Å²) in [5.41, 5.74) is 2.85. The summed E-state index contributed by atoms with van der Waals surface area (Å²) in [5.74, 6) is 0.271. The second-order valence-corrected chi connectivity index (χ2v) is 7.76. The summed E-state index contributed by atoms with van der Waals surface area (Å²) in [6.45, 7) is 6.31. The van der Waals surface area contributed by atoms with Gasteiger partial charge in [0.2, 0.25) is 0 Å². The molecule has 0 amide bonds. The molecule has 1 heterocycles. The first-order valence-corrected chi connectivity index (χ1v) is 10.3. The molecule has 0 aliphatic heterocycles. The third-order valence-corrected chi connectivity index (χ3v) is 5.20. The summed E-state index contributed by atoms with van der Waals surface area (Å²) in [7, 11) is 0. The molecule has 6 heteroatoms. The quantitative estimate of drug-likeness (QED) is 0.502. The van der Waals surface area contributed by atoms with Gasteiger partial charge in [-0.3, -0.25) is 0 Å². The zero-order valence-electron chi connectivity index (χ0n) is 16.9. The zero-order chi connectivity index (χ0) is 20.6. The molecule has 152 valence electrons. The van der Waals surface area contributed by atoms with Gasteiger partial charge in [0.1, 0.15) is 5.82 Å². The van der Waals surface area contributed by atoms with E-state index in [4.69, 9.17) is 12.2 Å². The smallest absolute Gasteiger partial charge is 0.173 e. The minimum absolute atomic E-state index is 0.212. The Bertz CT molecular complexity index is 907. The van der Waals surface area contributed by atoms with E-state index >= 15 is 0 Å². The van der Waals surface area contributed by atoms with E-state index in [1.165, 1.54) is 11.6 Å². The van der Waals surface area contributed by atoms with E-state index in [9.17, 15) is 4.39 Å². The van der Waals surface area contributed by atoms with Crippen molar-refractivity contribution in [2.24, 2.45) is 0 Å². The van der Waals surface area contributed by atoms with E-state index in [0.717, 1.165) is 18.7 Å². The average Bonchev–Trinajstić information content (AvgIpc) is 3.22. The lowest BCUT2D eigenvalue weighted by molar-refractivity contribution is 0.388. The number of thiocarbonyl (C=S) groups is 1. The lowest BCUT2D eigenvalue weighted by Crippen LogP contribution is -2.35. The van der Waals surface area contributed by atoms with Crippen LogP contribution in [0.5, 0.6) is 0 Å². The summed E-state index contributed by atoms with van der Waals surface area (Å²) >= 11 is 5.67. The van der Waals surface area contributed by atoms with Gasteiger partial charge in [0.15, 0.2) is 5.11 Å². The summed E-state index contributed by atoms with van der Waals surface area (Å²) in [6, 6.07) is 15.1. The van der Waals surface area contributed by atoms with Gasteiger partial charge in [-0.05, 0) is 48.3 Å². The van der Waals surface area contributed by atoms with Crippen LogP contribution in [0.1, 0.15) is 37.3 Å². The Morgan fingerprint density at radius 3 is 2.59 bits per heavy atom. The molecule has 0 spiro atoms. The van der Waals surface area contributed by atoms with Gasteiger partial charge in [-0.2, -0.15) is 0 Å². The van der Waals surface area contributed by atoms with Gasteiger partial charge in [-0.15, -0.1) is 0 Å². The standard InChI is InChI=1S/C23H27FN4S/c1-18(2)19-8-10-21(11-9-19)26-23(29)28(14-5-13-27-15-12-25-17-27)16-20-6-3-4-7-22(20)24/h3-4,6-12,15,17-18H,5,13-14,16H2,1-2H3,(H,26,29). The van der Waals surface area contributed by atoms with Crippen LogP contribution in [0.2, 0.25) is 0 Å². The molecule has 0 fully saturated rings. The number of aryl methyl sites for hydroxylation is 1. The lowest BCUT2D eigenvalue weighted by Gasteiger charge is -2.26. The van der Waals surface area contributed by atoms with Crippen molar-refractivity contribution in [3.8, 4) is 0 Å². The number of aromatic nitrogens is 2. The summed E-state index contributed by atoms with van der Waals surface area (Å²) in [6.07, 6.45) is 6.38. The van der Waals surface area contributed by atoms with Crippen molar-refractivity contribution in [3.63, 3.8) is 0 Å². The van der Waals surface area contributed by atoms with Crippen molar-refractivity contribution >= 4 is 23.0 Å². The third kappa shape index (κ3) is 6.12. The average molecular weight is 411 g/mol. The number of halogens is 1. The molecular weight excluding hydrogens is 383 g/mol. The first-order valence-electron chi connectivity index (χ1n) is 9.88. The van der Waals surface area contributed by atoms with E-state index < -0.39 is 0 Å². The largest absolute Gasteiger partial charge is 0.345 e. The molecule has 2 aromatic carbocycles. The van der Waals surface area contributed by atoms with E-state index in [2.05, 4.69) is 36.3 Å². The number of anilines is 1. The van der Waals surface area contributed by atoms with Crippen molar-refractivity contribution in [2.75, 3.05) is 11.9 Å². The molecule has 0 aliphatic rings. The summed E-state index contributed by atoms with van der Waals surface area (Å²) in [5, 5.41) is 3.90. The number of hydrogen-bond donors (Lipinski definition) is 1. The second kappa shape index (κ2) is 10.2. The number of nitrogens with zero attached hydrogens (tertiary/aromatic N) is 3. The van der Waals surface area contributed by atoms with Gasteiger partial charge < -0.3 is 14.8 Å². The fraction of sp³-hybridized carbons (Fsp3) is 0.304. The Morgan fingerprint density at radius 2 is 1.93 bits per heavy atom. The molecule has 3 aromatic rings. The van der Waals surface area contributed by atoms with Gasteiger partial charge in [-0.25, -0.2) is 9.37 Å². The van der Waals surface area contributed by atoms with E-state index in [1.54, 1.807) is 24.7 Å². The van der Waals surface area contributed by atoms with E-state index in [1.807, 2.05) is 33.9 Å². The molecule has 0 aliphatic carbocycles. The molecule has 0 unspecified atom stereocenters. The van der Waals surface area contributed by atoms with Crippen LogP contribution in [-0.4, -0.2) is 26.1 Å². The van der Waals surface area contributed by atoms with Crippen LogP contribution < -0.4 is 5.32 Å². The lowest BCUT2D eigenvalue weighted by atomic mass is 10.0. The first-order chi connectivity index (χ1) is 14.0. The number of rotatable bonds is 8. The normalized spacial score (nSPS) is 10.9. The minimum Gasteiger partial charge on any atom is -0.345 e. The minimum atomic E-state index is -0.212. The van der Waals surface area contributed by atoms with Crippen molar-refractivity contribution in [1.29, 1.82) is 0 Å². The van der Waals surface area contributed by atoms with Crippen LogP contribution >= 0.6 is 12.2 Å². The van der Waals surface area contributed by atoms with Crippen molar-refractivity contribution in [2.45, 2.75) is 39.3 Å². The van der Waals surface area contributed by atoms with Gasteiger partial charge >= 0.3 is 0 Å². The van der Waals surface area contributed by atoms with Crippen LogP contribution in [0, 0.1) is 5.82 Å². The maximum absolute atomic E-state index is 14.2. The van der Waals surface area contributed by atoms with Crippen LogP contribution in [-0.2, 0) is 13.1 Å². The Hall–Kier alpha value is -2.73. The molecule has 4 nitrogen and oxygen atoms in total. The van der Waals surface area contributed by atoms with Gasteiger partial charge in [0.05, 0.1) is 6.33 Å². The number of nitrogens with one attached hydrogen (secondary N) is 1. The number of imidazole rings is 1. The highest BCUT2D eigenvalue weighted by Gasteiger charge is 2.13. The van der Waals surface area contributed by atoms with Crippen LogP contribution in [0.3, 0.4) is 0 Å². The topological polar surface area (TPSA) is 33.1 Å². The van der Waals surface area contributed by atoms with Crippen molar-refractivity contribution < 1.29 is 4.39 Å². The highest BCUT2D eigenvalue weighted by atomic mass is 32.1. The molecule has 0 bridgehead atoms. The second-order valence-electron chi connectivity index (χ2n) is 7.37.